The van der Waals surface area contributed by atoms with Gasteiger partial charge in [0, 0.05) is 11.3 Å². The Morgan fingerprint density at radius 3 is 2.58 bits per heavy atom. The van der Waals surface area contributed by atoms with E-state index in [0.717, 1.165) is 35.5 Å². The minimum absolute atomic E-state index is 0.0735. The van der Waals surface area contributed by atoms with Gasteiger partial charge in [-0.15, -0.1) is 5.10 Å². The first kappa shape index (κ1) is 13.5. The Morgan fingerprint density at radius 1 is 1.26 bits per heavy atom. The molecule has 5 nitrogen and oxygen atoms in total. The first-order chi connectivity index (χ1) is 9.01. The summed E-state index contributed by atoms with van der Waals surface area (Å²) in [6.07, 6.45) is 1.95. The van der Waals surface area contributed by atoms with Gasteiger partial charge in [0.25, 0.3) is 0 Å². The Morgan fingerprint density at radius 2 is 1.95 bits per heavy atom. The van der Waals surface area contributed by atoms with Crippen LogP contribution in [-0.4, -0.2) is 20.2 Å². The zero-order valence-corrected chi connectivity index (χ0v) is 12.0. The first-order valence-electron chi connectivity index (χ1n) is 6.67. The van der Waals surface area contributed by atoms with E-state index in [2.05, 4.69) is 36.3 Å². The van der Waals surface area contributed by atoms with Gasteiger partial charge in [0.15, 0.2) is 5.82 Å². The third-order valence-corrected chi connectivity index (χ3v) is 4.01. The van der Waals surface area contributed by atoms with Crippen LogP contribution in [0.3, 0.4) is 0 Å². The quantitative estimate of drug-likeness (QED) is 0.857. The number of anilines is 1. The van der Waals surface area contributed by atoms with E-state index >= 15 is 0 Å². The Balaban J connectivity index is 2.59. The summed E-state index contributed by atoms with van der Waals surface area (Å²) in [5.74, 6) is 0.788. The number of aryl methyl sites for hydroxylation is 1. The second-order valence-electron chi connectivity index (χ2n) is 5.19. The van der Waals surface area contributed by atoms with Gasteiger partial charge in [0.1, 0.15) is 0 Å². The lowest BCUT2D eigenvalue weighted by molar-refractivity contribution is 0.262. The molecule has 0 aliphatic rings. The van der Waals surface area contributed by atoms with Crippen molar-refractivity contribution in [2.24, 2.45) is 0 Å². The summed E-state index contributed by atoms with van der Waals surface area (Å²) in [6, 6.07) is 5.83. The summed E-state index contributed by atoms with van der Waals surface area (Å²) in [5.41, 5.74) is 8.66. The third-order valence-electron chi connectivity index (χ3n) is 4.01. The van der Waals surface area contributed by atoms with Crippen LogP contribution in [0.5, 0.6) is 0 Å². The van der Waals surface area contributed by atoms with E-state index in [1.54, 1.807) is 0 Å². The molecule has 1 heterocycles. The Bertz CT molecular complexity index is 569. The number of tetrazole rings is 1. The lowest BCUT2D eigenvalue weighted by Gasteiger charge is -2.27. The fraction of sp³-hybridized carbons (Fsp3) is 0.500. The highest BCUT2D eigenvalue weighted by atomic mass is 15.6. The summed E-state index contributed by atoms with van der Waals surface area (Å²) in [6.45, 7) is 8.53. The number of benzene rings is 1. The molecule has 0 bridgehead atoms. The van der Waals surface area contributed by atoms with Crippen LogP contribution in [0.25, 0.3) is 11.4 Å². The molecule has 0 saturated heterocycles. The summed E-state index contributed by atoms with van der Waals surface area (Å²) in [4.78, 5) is 0. The van der Waals surface area contributed by atoms with E-state index < -0.39 is 0 Å². The lowest BCUT2D eigenvalue weighted by atomic mass is 9.95. The van der Waals surface area contributed by atoms with Gasteiger partial charge < -0.3 is 5.73 Å². The number of nitrogen functional groups attached to an aromatic ring is 1. The maximum absolute atomic E-state index is 5.88. The van der Waals surface area contributed by atoms with E-state index in [-0.39, 0.29) is 5.54 Å². The van der Waals surface area contributed by atoms with E-state index in [0.29, 0.717) is 0 Å². The molecule has 2 rings (SSSR count). The van der Waals surface area contributed by atoms with Crippen LogP contribution in [0.1, 0.15) is 39.2 Å². The molecule has 0 atom stereocenters. The van der Waals surface area contributed by atoms with Crippen LogP contribution >= 0.6 is 0 Å². The molecule has 1 aromatic heterocycles. The second kappa shape index (κ2) is 4.99. The minimum Gasteiger partial charge on any atom is -0.399 e. The normalized spacial score (nSPS) is 11.8. The van der Waals surface area contributed by atoms with Crippen molar-refractivity contribution < 1.29 is 0 Å². The number of nitrogens with zero attached hydrogens (tertiary/aromatic N) is 4. The van der Waals surface area contributed by atoms with Crippen molar-refractivity contribution in [1.82, 2.24) is 20.2 Å². The number of hydrogen-bond acceptors (Lipinski definition) is 4. The predicted octanol–water partition coefficient (Wildman–Crippen LogP) is 2.77. The molecule has 2 N–H and O–H groups in total. The molecular formula is C14H21N5. The molecule has 0 radical (unpaired) electrons. The van der Waals surface area contributed by atoms with Gasteiger partial charge >= 0.3 is 0 Å². The zero-order chi connectivity index (χ0) is 14.0. The maximum Gasteiger partial charge on any atom is 0.182 e. The first-order valence-corrected chi connectivity index (χ1v) is 6.67. The van der Waals surface area contributed by atoms with Gasteiger partial charge in [0.05, 0.1) is 5.54 Å². The second-order valence-corrected chi connectivity index (χ2v) is 5.19. The van der Waals surface area contributed by atoms with Gasteiger partial charge in [-0.25, -0.2) is 4.68 Å². The molecule has 0 spiro atoms. The van der Waals surface area contributed by atoms with Crippen LogP contribution in [0.2, 0.25) is 0 Å². The molecule has 19 heavy (non-hydrogen) atoms. The van der Waals surface area contributed by atoms with E-state index in [1.807, 2.05) is 29.8 Å². The lowest BCUT2D eigenvalue weighted by Crippen LogP contribution is -2.30. The van der Waals surface area contributed by atoms with E-state index in [1.165, 1.54) is 0 Å². The van der Waals surface area contributed by atoms with Crippen molar-refractivity contribution >= 4 is 5.69 Å². The highest BCUT2D eigenvalue weighted by Gasteiger charge is 2.27. The van der Waals surface area contributed by atoms with Crippen LogP contribution in [0.15, 0.2) is 18.2 Å². The highest BCUT2D eigenvalue weighted by molar-refractivity contribution is 5.65. The monoisotopic (exact) mass is 259 g/mol. The molecule has 102 valence electrons. The van der Waals surface area contributed by atoms with Gasteiger partial charge in [-0.2, -0.15) is 0 Å². The van der Waals surface area contributed by atoms with Gasteiger partial charge in [-0.3, -0.25) is 0 Å². The Kier molecular flexibility index (Phi) is 3.55. The van der Waals surface area contributed by atoms with Gasteiger partial charge in [-0.05, 0) is 54.8 Å². The minimum atomic E-state index is -0.0735. The smallest absolute Gasteiger partial charge is 0.182 e. The van der Waals surface area contributed by atoms with Crippen molar-refractivity contribution in [3.63, 3.8) is 0 Å². The molecule has 0 saturated carbocycles. The van der Waals surface area contributed by atoms with Crippen LogP contribution in [0, 0.1) is 6.92 Å². The van der Waals surface area contributed by atoms with Crippen molar-refractivity contribution in [3.05, 3.63) is 23.8 Å². The van der Waals surface area contributed by atoms with E-state index in [9.17, 15) is 0 Å². The molecule has 5 heteroatoms. The largest absolute Gasteiger partial charge is 0.399 e. The molecule has 0 aliphatic carbocycles. The third kappa shape index (κ3) is 2.32. The molecule has 2 aromatic rings. The van der Waals surface area contributed by atoms with Gasteiger partial charge in [0.2, 0.25) is 0 Å². The Labute approximate surface area is 113 Å². The van der Waals surface area contributed by atoms with Gasteiger partial charge in [-0.1, -0.05) is 19.9 Å². The topological polar surface area (TPSA) is 69.6 Å². The molecular weight excluding hydrogens is 238 g/mol. The summed E-state index contributed by atoms with van der Waals surface area (Å²) in [5, 5.41) is 12.2. The average molecular weight is 259 g/mol. The number of nitrogens with two attached hydrogens (primary N) is 1. The zero-order valence-electron chi connectivity index (χ0n) is 12.0. The summed E-state index contributed by atoms with van der Waals surface area (Å²) in [7, 11) is 0. The fourth-order valence-corrected chi connectivity index (χ4v) is 2.15. The molecule has 1 aromatic carbocycles. The van der Waals surface area contributed by atoms with Crippen molar-refractivity contribution in [3.8, 4) is 11.4 Å². The fourth-order valence-electron chi connectivity index (χ4n) is 2.15. The van der Waals surface area contributed by atoms with E-state index in [4.69, 9.17) is 5.73 Å². The van der Waals surface area contributed by atoms with Crippen molar-refractivity contribution in [2.75, 3.05) is 5.73 Å². The van der Waals surface area contributed by atoms with Crippen molar-refractivity contribution in [1.29, 1.82) is 0 Å². The number of aromatic nitrogens is 4. The van der Waals surface area contributed by atoms with Crippen LogP contribution in [0.4, 0.5) is 5.69 Å². The molecule has 0 aliphatic heterocycles. The molecule has 0 amide bonds. The Hall–Kier alpha value is -1.91. The summed E-state index contributed by atoms with van der Waals surface area (Å²) >= 11 is 0. The predicted molar refractivity (Wildman–Crippen MR) is 76.6 cm³/mol. The number of rotatable bonds is 4. The summed E-state index contributed by atoms with van der Waals surface area (Å²) < 4.78 is 1.93. The molecule has 0 unspecified atom stereocenters. The van der Waals surface area contributed by atoms with Crippen LogP contribution < -0.4 is 5.73 Å². The highest BCUT2D eigenvalue weighted by Crippen LogP contribution is 2.30. The number of hydrogen-bond donors (Lipinski definition) is 1. The van der Waals surface area contributed by atoms with Crippen LogP contribution in [-0.2, 0) is 5.54 Å². The molecule has 0 fully saturated rings. The van der Waals surface area contributed by atoms with Crippen molar-refractivity contribution in [2.45, 2.75) is 46.1 Å². The maximum atomic E-state index is 5.88. The average Bonchev–Trinajstić information content (AvgIpc) is 2.90. The standard InChI is InChI=1S/C14H21N5/c1-5-14(4,6-2)19-13(16-17-18-19)12-9-11(15)8-7-10(12)3/h7-9H,5-6,15H2,1-4H3. The SMILES string of the molecule is CCC(C)(CC)n1nnnc1-c1cc(N)ccc1C.